The number of morpholine rings is 1. The maximum atomic E-state index is 6.19. The zero-order valence-electron chi connectivity index (χ0n) is 10.5. The third-order valence-corrected chi connectivity index (χ3v) is 3.19. The zero-order chi connectivity index (χ0) is 12.3. The minimum atomic E-state index is -0.0211. The lowest BCUT2D eigenvalue weighted by atomic mass is 10.1. The van der Waals surface area contributed by atoms with Crippen LogP contribution in [-0.2, 0) is 17.7 Å². The van der Waals surface area contributed by atoms with Crippen LogP contribution < -0.4 is 5.73 Å². The maximum absolute atomic E-state index is 6.19. The Kier molecular flexibility index (Phi) is 4.09. The van der Waals surface area contributed by atoms with Crippen LogP contribution in [-0.4, -0.2) is 58.6 Å². The summed E-state index contributed by atoms with van der Waals surface area (Å²) in [5, 5.41) is 4.15. The Morgan fingerprint density at radius 1 is 1.65 bits per heavy atom. The van der Waals surface area contributed by atoms with Crippen molar-refractivity contribution < 1.29 is 4.74 Å². The van der Waals surface area contributed by atoms with E-state index in [0.717, 1.165) is 32.1 Å². The van der Waals surface area contributed by atoms with Crippen molar-refractivity contribution in [1.82, 2.24) is 19.7 Å². The Morgan fingerprint density at radius 2 is 2.47 bits per heavy atom. The minimum absolute atomic E-state index is 0.0211. The number of nitrogens with two attached hydrogens (primary N) is 1. The van der Waals surface area contributed by atoms with Crippen LogP contribution in [0.4, 0.5) is 0 Å². The summed E-state index contributed by atoms with van der Waals surface area (Å²) in [4.78, 5) is 6.49. The van der Waals surface area contributed by atoms with E-state index in [0.29, 0.717) is 6.42 Å². The lowest BCUT2D eigenvalue weighted by Gasteiger charge is -2.33. The molecule has 6 nitrogen and oxygen atoms in total. The van der Waals surface area contributed by atoms with Crippen molar-refractivity contribution in [3.8, 4) is 0 Å². The topological polar surface area (TPSA) is 69.2 Å². The first kappa shape index (κ1) is 12.5. The Balaban J connectivity index is 1.94. The molecule has 2 N–H and O–H groups in total. The number of hydrogen-bond donors (Lipinski definition) is 1. The molecule has 0 aliphatic carbocycles. The molecule has 1 aromatic heterocycles. The van der Waals surface area contributed by atoms with Crippen molar-refractivity contribution >= 4 is 0 Å². The summed E-state index contributed by atoms with van der Waals surface area (Å²) >= 11 is 0. The highest BCUT2D eigenvalue weighted by molar-refractivity contribution is 4.92. The largest absolute Gasteiger partial charge is 0.374 e. The van der Waals surface area contributed by atoms with Crippen LogP contribution >= 0.6 is 0 Å². The van der Waals surface area contributed by atoms with E-state index in [9.17, 15) is 0 Å². The molecule has 0 saturated carbocycles. The second kappa shape index (κ2) is 5.57. The molecule has 0 radical (unpaired) electrons. The van der Waals surface area contributed by atoms with Gasteiger partial charge in [-0.2, -0.15) is 5.10 Å². The molecule has 2 rings (SSSR count). The highest BCUT2D eigenvalue weighted by Gasteiger charge is 2.25. The summed E-state index contributed by atoms with van der Waals surface area (Å²) < 4.78 is 7.59. The SMILES string of the molecule is CCn1ncnc1CC(N)C1CN(C)CCO1. The molecule has 1 aromatic rings. The smallest absolute Gasteiger partial charge is 0.138 e. The van der Waals surface area contributed by atoms with Gasteiger partial charge >= 0.3 is 0 Å². The maximum Gasteiger partial charge on any atom is 0.138 e. The molecule has 0 spiro atoms. The number of ether oxygens (including phenoxy) is 1. The van der Waals surface area contributed by atoms with Gasteiger partial charge < -0.3 is 15.4 Å². The Hall–Kier alpha value is -0.980. The molecule has 0 aromatic carbocycles. The second-order valence-corrected chi connectivity index (χ2v) is 4.53. The summed E-state index contributed by atoms with van der Waals surface area (Å²) in [5.74, 6) is 0.942. The van der Waals surface area contributed by atoms with Crippen LogP contribution in [0.25, 0.3) is 0 Å². The average Bonchev–Trinajstić information content (AvgIpc) is 2.76. The first-order valence-electron chi connectivity index (χ1n) is 6.13. The molecule has 2 atom stereocenters. The Labute approximate surface area is 102 Å². The number of aromatic nitrogens is 3. The first-order valence-corrected chi connectivity index (χ1v) is 6.13. The summed E-state index contributed by atoms with van der Waals surface area (Å²) in [5.41, 5.74) is 6.19. The Bertz CT molecular complexity index is 353. The van der Waals surface area contributed by atoms with Crippen LogP contribution in [0.3, 0.4) is 0 Å². The van der Waals surface area contributed by atoms with E-state index in [-0.39, 0.29) is 12.1 Å². The number of aryl methyl sites for hydroxylation is 1. The number of likely N-dealkylation sites (N-methyl/N-ethyl adjacent to an activating group) is 1. The van der Waals surface area contributed by atoms with Gasteiger partial charge in [0.25, 0.3) is 0 Å². The van der Waals surface area contributed by atoms with E-state index in [1.807, 2.05) is 4.68 Å². The van der Waals surface area contributed by atoms with Gasteiger partial charge in [0.2, 0.25) is 0 Å². The molecule has 1 saturated heterocycles. The standard InChI is InChI=1S/C11H21N5O/c1-3-16-11(13-8-14-16)6-9(12)10-7-15(2)4-5-17-10/h8-10H,3-7,12H2,1-2H3. The van der Waals surface area contributed by atoms with Gasteiger partial charge in [0.1, 0.15) is 12.2 Å². The lowest BCUT2D eigenvalue weighted by molar-refractivity contribution is -0.0323. The van der Waals surface area contributed by atoms with Gasteiger partial charge in [0.15, 0.2) is 0 Å². The summed E-state index contributed by atoms with van der Waals surface area (Å²) in [6, 6.07) is -0.0211. The fraction of sp³-hybridized carbons (Fsp3) is 0.818. The van der Waals surface area contributed by atoms with E-state index in [4.69, 9.17) is 10.5 Å². The van der Waals surface area contributed by atoms with Crippen molar-refractivity contribution in [1.29, 1.82) is 0 Å². The Morgan fingerprint density at radius 3 is 3.18 bits per heavy atom. The van der Waals surface area contributed by atoms with Gasteiger partial charge in [-0.3, -0.25) is 4.68 Å². The van der Waals surface area contributed by atoms with E-state index < -0.39 is 0 Å². The summed E-state index contributed by atoms with van der Waals surface area (Å²) in [7, 11) is 2.09. The van der Waals surface area contributed by atoms with E-state index >= 15 is 0 Å². The summed E-state index contributed by atoms with van der Waals surface area (Å²) in [6.45, 7) is 5.51. The number of hydrogen-bond acceptors (Lipinski definition) is 5. The number of nitrogens with zero attached hydrogens (tertiary/aromatic N) is 4. The first-order chi connectivity index (χ1) is 8.20. The van der Waals surface area contributed by atoms with Gasteiger partial charge in [0.05, 0.1) is 12.7 Å². The molecule has 2 heterocycles. The van der Waals surface area contributed by atoms with Crippen molar-refractivity contribution in [2.24, 2.45) is 5.73 Å². The zero-order valence-corrected chi connectivity index (χ0v) is 10.5. The molecular formula is C11H21N5O. The van der Waals surface area contributed by atoms with Gasteiger partial charge in [-0.15, -0.1) is 0 Å². The molecule has 2 unspecified atom stereocenters. The molecule has 17 heavy (non-hydrogen) atoms. The highest BCUT2D eigenvalue weighted by Crippen LogP contribution is 2.09. The monoisotopic (exact) mass is 239 g/mol. The summed E-state index contributed by atoms with van der Waals surface area (Å²) in [6.07, 6.45) is 2.39. The molecule has 1 aliphatic heterocycles. The molecular weight excluding hydrogens is 218 g/mol. The van der Waals surface area contributed by atoms with Crippen molar-refractivity contribution in [2.75, 3.05) is 26.7 Å². The van der Waals surface area contributed by atoms with Crippen LogP contribution in [0.15, 0.2) is 6.33 Å². The van der Waals surface area contributed by atoms with Crippen LogP contribution in [0, 0.1) is 0 Å². The predicted molar refractivity (Wildman–Crippen MR) is 64.6 cm³/mol. The average molecular weight is 239 g/mol. The van der Waals surface area contributed by atoms with Gasteiger partial charge in [-0.25, -0.2) is 4.98 Å². The minimum Gasteiger partial charge on any atom is -0.374 e. The molecule has 0 bridgehead atoms. The number of rotatable bonds is 4. The normalized spacial score (nSPS) is 23.8. The lowest BCUT2D eigenvalue weighted by Crippen LogP contribution is -2.50. The van der Waals surface area contributed by atoms with E-state index in [1.54, 1.807) is 6.33 Å². The van der Waals surface area contributed by atoms with Crippen molar-refractivity contribution in [3.05, 3.63) is 12.2 Å². The molecule has 0 amide bonds. The van der Waals surface area contributed by atoms with Crippen LogP contribution in [0.2, 0.25) is 0 Å². The van der Waals surface area contributed by atoms with Crippen LogP contribution in [0.1, 0.15) is 12.7 Å². The molecule has 1 aliphatic rings. The van der Waals surface area contributed by atoms with Gasteiger partial charge in [-0.05, 0) is 14.0 Å². The quantitative estimate of drug-likeness (QED) is 0.767. The second-order valence-electron chi connectivity index (χ2n) is 4.53. The van der Waals surface area contributed by atoms with Crippen LogP contribution in [0.5, 0.6) is 0 Å². The van der Waals surface area contributed by atoms with Gasteiger partial charge in [0, 0.05) is 32.1 Å². The third-order valence-electron chi connectivity index (χ3n) is 3.19. The van der Waals surface area contributed by atoms with E-state index in [2.05, 4.69) is 29.0 Å². The molecule has 96 valence electrons. The van der Waals surface area contributed by atoms with Crippen molar-refractivity contribution in [3.63, 3.8) is 0 Å². The molecule has 1 fully saturated rings. The van der Waals surface area contributed by atoms with Crippen molar-refractivity contribution in [2.45, 2.75) is 32.0 Å². The predicted octanol–water partition coefficient (Wildman–Crippen LogP) is -0.502. The fourth-order valence-electron chi connectivity index (χ4n) is 2.12. The third kappa shape index (κ3) is 3.02. The van der Waals surface area contributed by atoms with Gasteiger partial charge in [-0.1, -0.05) is 0 Å². The fourth-order valence-corrected chi connectivity index (χ4v) is 2.12. The highest BCUT2D eigenvalue weighted by atomic mass is 16.5. The van der Waals surface area contributed by atoms with E-state index in [1.165, 1.54) is 0 Å². The molecule has 6 heteroatoms.